The second-order valence-corrected chi connectivity index (χ2v) is 6.67. The lowest BCUT2D eigenvalue weighted by Crippen LogP contribution is -2.24. The van der Waals surface area contributed by atoms with Crippen molar-refractivity contribution in [3.05, 3.63) is 59.9 Å². The van der Waals surface area contributed by atoms with Crippen LogP contribution in [0.2, 0.25) is 0 Å². The fourth-order valence-electron chi connectivity index (χ4n) is 1.80. The van der Waals surface area contributed by atoms with E-state index in [2.05, 4.69) is 9.71 Å². The van der Waals surface area contributed by atoms with Gasteiger partial charge in [0, 0.05) is 38.6 Å². The van der Waals surface area contributed by atoms with Gasteiger partial charge in [-0.15, -0.1) is 0 Å². The Morgan fingerprint density at radius 1 is 1.09 bits per heavy atom. The van der Waals surface area contributed by atoms with Crippen molar-refractivity contribution in [1.82, 2.24) is 14.6 Å². The van der Waals surface area contributed by atoms with Crippen LogP contribution in [0.15, 0.2) is 53.7 Å². The first-order valence-electron chi connectivity index (χ1n) is 6.60. The van der Waals surface area contributed by atoms with Gasteiger partial charge in [0.15, 0.2) is 0 Å². The number of benzene rings is 1. The van der Waals surface area contributed by atoms with Crippen LogP contribution in [-0.4, -0.2) is 38.3 Å². The van der Waals surface area contributed by atoms with Gasteiger partial charge in [-0.3, -0.25) is 9.78 Å². The summed E-state index contributed by atoms with van der Waals surface area (Å²) in [4.78, 5) is 17.2. The summed E-state index contributed by atoms with van der Waals surface area (Å²) in [5.41, 5.74) is 1.26. The monoisotopic (exact) mass is 319 g/mol. The first-order chi connectivity index (χ1) is 10.4. The van der Waals surface area contributed by atoms with Crippen molar-refractivity contribution < 1.29 is 13.2 Å². The van der Waals surface area contributed by atoms with Crippen LogP contribution in [0.5, 0.6) is 0 Å². The van der Waals surface area contributed by atoms with Gasteiger partial charge in [-0.1, -0.05) is 0 Å². The normalized spacial score (nSPS) is 11.2. The van der Waals surface area contributed by atoms with Crippen LogP contribution < -0.4 is 4.72 Å². The van der Waals surface area contributed by atoms with E-state index < -0.39 is 10.0 Å². The van der Waals surface area contributed by atoms with Crippen LogP contribution in [0.25, 0.3) is 0 Å². The standard InChI is InChI=1S/C15H17N3O3S/c1-18(2)15(19)13-3-5-14(6-4-13)22(20,21)17-11-12-7-9-16-10-8-12/h3-10,17H,11H2,1-2H3. The molecule has 0 fully saturated rings. The second-order valence-electron chi connectivity index (χ2n) is 4.90. The Balaban J connectivity index is 2.11. The highest BCUT2D eigenvalue weighted by molar-refractivity contribution is 7.89. The molecule has 1 amide bonds. The molecule has 22 heavy (non-hydrogen) atoms. The molecule has 1 heterocycles. The molecule has 1 N–H and O–H groups in total. The molecule has 1 aromatic carbocycles. The van der Waals surface area contributed by atoms with E-state index in [0.717, 1.165) is 5.56 Å². The number of hydrogen-bond acceptors (Lipinski definition) is 4. The molecule has 0 aliphatic carbocycles. The molecule has 0 spiro atoms. The van der Waals surface area contributed by atoms with E-state index in [-0.39, 0.29) is 17.3 Å². The Labute approximate surface area is 129 Å². The van der Waals surface area contributed by atoms with E-state index in [1.54, 1.807) is 38.6 Å². The molecule has 116 valence electrons. The quantitative estimate of drug-likeness (QED) is 0.900. The number of pyridine rings is 1. The number of nitrogens with zero attached hydrogens (tertiary/aromatic N) is 2. The molecule has 0 aliphatic heterocycles. The van der Waals surface area contributed by atoms with E-state index in [1.165, 1.54) is 29.2 Å². The lowest BCUT2D eigenvalue weighted by atomic mass is 10.2. The number of carbonyl (C=O) groups is 1. The molecule has 0 bridgehead atoms. The number of carbonyl (C=O) groups excluding carboxylic acids is 1. The van der Waals surface area contributed by atoms with Crippen molar-refractivity contribution in [2.45, 2.75) is 11.4 Å². The highest BCUT2D eigenvalue weighted by atomic mass is 32.2. The van der Waals surface area contributed by atoms with Gasteiger partial charge < -0.3 is 4.90 Å². The van der Waals surface area contributed by atoms with Crippen LogP contribution in [0.4, 0.5) is 0 Å². The summed E-state index contributed by atoms with van der Waals surface area (Å²) in [5, 5.41) is 0. The number of hydrogen-bond donors (Lipinski definition) is 1. The second kappa shape index (κ2) is 6.67. The molecule has 0 aliphatic rings. The predicted molar refractivity (Wildman–Crippen MR) is 82.7 cm³/mol. The van der Waals surface area contributed by atoms with Crippen molar-refractivity contribution >= 4 is 15.9 Å². The van der Waals surface area contributed by atoms with E-state index in [9.17, 15) is 13.2 Å². The molecular formula is C15H17N3O3S. The van der Waals surface area contributed by atoms with Crippen molar-refractivity contribution in [3.63, 3.8) is 0 Å². The Morgan fingerprint density at radius 3 is 2.23 bits per heavy atom. The average Bonchev–Trinajstić information content (AvgIpc) is 2.53. The summed E-state index contributed by atoms with van der Waals surface area (Å²) in [5.74, 6) is -0.173. The van der Waals surface area contributed by atoms with E-state index in [0.29, 0.717) is 5.56 Å². The molecule has 0 radical (unpaired) electrons. The van der Waals surface area contributed by atoms with Gasteiger partial charge in [-0.2, -0.15) is 0 Å². The topological polar surface area (TPSA) is 79.4 Å². The maximum absolute atomic E-state index is 12.2. The molecule has 1 aromatic heterocycles. The Morgan fingerprint density at radius 2 is 1.68 bits per heavy atom. The predicted octanol–water partition coefficient (Wildman–Crippen LogP) is 1.26. The zero-order valence-corrected chi connectivity index (χ0v) is 13.2. The lowest BCUT2D eigenvalue weighted by Gasteiger charge is -2.11. The zero-order valence-electron chi connectivity index (χ0n) is 12.4. The number of sulfonamides is 1. The largest absolute Gasteiger partial charge is 0.345 e. The number of rotatable bonds is 5. The van der Waals surface area contributed by atoms with Gasteiger partial charge >= 0.3 is 0 Å². The maximum atomic E-state index is 12.2. The van der Waals surface area contributed by atoms with E-state index in [1.807, 2.05) is 0 Å². The third kappa shape index (κ3) is 3.90. The number of aromatic nitrogens is 1. The lowest BCUT2D eigenvalue weighted by molar-refractivity contribution is 0.0827. The Hall–Kier alpha value is -2.25. The molecule has 0 saturated heterocycles. The molecule has 0 saturated carbocycles. The maximum Gasteiger partial charge on any atom is 0.253 e. The van der Waals surface area contributed by atoms with E-state index in [4.69, 9.17) is 0 Å². The number of amides is 1. The Kier molecular flexibility index (Phi) is 4.89. The summed E-state index contributed by atoms with van der Waals surface area (Å²) < 4.78 is 26.9. The third-order valence-electron chi connectivity index (χ3n) is 3.03. The van der Waals surface area contributed by atoms with Crippen LogP contribution in [-0.2, 0) is 16.6 Å². The zero-order chi connectivity index (χ0) is 16.2. The highest BCUT2D eigenvalue weighted by Gasteiger charge is 2.15. The minimum atomic E-state index is -3.62. The third-order valence-corrected chi connectivity index (χ3v) is 4.45. The van der Waals surface area contributed by atoms with Gasteiger partial charge in [0.05, 0.1) is 4.90 Å². The van der Waals surface area contributed by atoms with Crippen molar-refractivity contribution in [3.8, 4) is 0 Å². The van der Waals surface area contributed by atoms with Gasteiger partial charge in [0.25, 0.3) is 5.91 Å². The minimum absolute atomic E-state index is 0.122. The van der Waals surface area contributed by atoms with Gasteiger partial charge in [-0.25, -0.2) is 13.1 Å². The van der Waals surface area contributed by atoms with Crippen LogP contribution in [0, 0.1) is 0 Å². The van der Waals surface area contributed by atoms with Gasteiger partial charge in [0.1, 0.15) is 0 Å². The molecule has 6 nitrogen and oxygen atoms in total. The first kappa shape index (κ1) is 16.1. The summed E-state index contributed by atoms with van der Waals surface area (Å²) in [6.45, 7) is 0.184. The summed E-state index contributed by atoms with van der Waals surface area (Å²) in [6, 6.07) is 9.33. The fourth-order valence-corrected chi connectivity index (χ4v) is 2.81. The molecule has 0 atom stereocenters. The molecular weight excluding hydrogens is 302 g/mol. The van der Waals surface area contributed by atoms with Gasteiger partial charge in [0.2, 0.25) is 10.0 Å². The summed E-state index contributed by atoms with van der Waals surface area (Å²) >= 11 is 0. The summed E-state index contributed by atoms with van der Waals surface area (Å²) in [7, 11) is -0.332. The molecule has 2 rings (SSSR count). The Bertz CT molecular complexity index is 741. The van der Waals surface area contributed by atoms with Crippen LogP contribution in [0.1, 0.15) is 15.9 Å². The summed E-state index contributed by atoms with van der Waals surface area (Å²) in [6.07, 6.45) is 3.20. The number of nitrogens with one attached hydrogen (secondary N) is 1. The van der Waals surface area contributed by atoms with Gasteiger partial charge in [-0.05, 0) is 42.0 Å². The van der Waals surface area contributed by atoms with Crippen molar-refractivity contribution in [2.24, 2.45) is 0 Å². The van der Waals surface area contributed by atoms with Crippen LogP contribution in [0.3, 0.4) is 0 Å². The molecule has 0 unspecified atom stereocenters. The molecule has 7 heteroatoms. The SMILES string of the molecule is CN(C)C(=O)c1ccc(S(=O)(=O)NCc2ccncc2)cc1. The first-order valence-corrected chi connectivity index (χ1v) is 8.09. The smallest absolute Gasteiger partial charge is 0.253 e. The fraction of sp³-hybridized carbons (Fsp3) is 0.200. The van der Waals surface area contributed by atoms with Crippen molar-refractivity contribution in [2.75, 3.05) is 14.1 Å². The molecule has 2 aromatic rings. The van der Waals surface area contributed by atoms with E-state index >= 15 is 0 Å². The minimum Gasteiger partial charge on any atom is -0.345 e. The highest BCUT2D eigenvalue weighted by Crippen LogP contribution is 2.12. The van der Waals surface area contributed by atoms with Crippen molar-refractivity contribution in [1.29, 1.82) is 0 Å². The van der Waals surface area contributed by atoms with Crippen LogP contribution >= 0.6 is 0 Å². The average molecular weight is 319 g/mol.